The van der Waals surface area contributed by atoms with Gasteiger partial charge in [0.1, 0.15) is 0 Å². The molecule has 0 aliphatic carbocycles. The molecular weight excluding hydrogens is 348 g/mol. The van der Waals surface area contributed by atoms with Crippen LogP contribution < -0.4 is 0 Å². The van der Waals surface area contributed by atoms with E-state index in [1.54, 1.807) is 6.08 Å². The molecule has 4 heteroatoms. The molecule has 0 fully saturated rings. The first-order valence-electron chi connectivity index (χ1n) is 8.18. The van der Waals surface area contributed by atoms with Crippen molar-refractivity contribution in [2.24, 2.45) is 5.92 Å². The van der Waals surface area contributed by atoms with Gasteiger partial charge in [0.2, 0.25) is 0 Å². The number of rotatable bonds is 11. The molecule has 0 aromatic rings. The van der Waals surface area contributed by atoms with E-state index in [1.807, 2.05) is 0 Å². The third-order valence-electron chi connectivity index (χ3n) is 4.01. The quantitative estimate of drug-likeness (QED) is 0.343. The summed E-state index contributed by atoms with van der Waals surface area (Å²) in [7, 11) is -0.424. The van der Waals surface area contributed by atoms with Crippen LogP contribution in [-0.2, 0) is 4.79 Å². The van der Waals surface area contributed by atoms with Gasteiger partial charge in [-0.05, 0) is 51.9 Å². The number of carboxylic acids is 1. The molecule has 21 heavy (non-hydrogen) atoms. The third-order valence-corrected chi connectivity index (χ3v) is 7.97. The Morgan fingerprint density at radius 2 is 1.86 bits per heavy atom. The summed E-state index contributed by atoms with van der Waals surface area (Å²) in [4.78, 5) is 11.1. The zero-order valence-corrected chi connectivity index (χ0v) is 15.8. The summed E-state index contributed by atoms with van der Waals surface area (Å²) in [5.74, 6) is 1.09. The van der Waals surface area contributed by atoms with Gasteiger partial charge in [0, 0.05) is 3.81 Å². The van der Waals surface area contributed by atoms with Crippen LogP contribution in [0, 0.1) is 5.92 Å². The van der Waals surface area contributed by atoms with E-state index in [4.69, 9.17) is 5.11 Å². The Labute approximate surface area is 140 Å². The number of hydrogen-bond acceptors (Lipinski definition) is 1. The Bertz CT molecular complexity index is 390. The lowest BCUT2D eigenvalue weighted by Gasteiger charge is -2.23. The van der Waals surface area contributed by atoms with Crippen molar-refractivity contribution in [1.29, 1.82) is 0 Å². The first-order chi connectivity index (χ1) is 10.1. The summed E-state index contributed by atoms with van der Waals surface area (Å²) in [6.07, 6.45) is 12.2. The molecule has 2 nitrogen and oxygen atoms in total. The number of hydrogen-bond donors (Lipinski definition) is 2. The molecule has 0 saturated carbocycles. The minimum atomic E-state index is -0.809. The molecule has 0 bridgehead atoms. The van der Waals surface area contributed by atoms with Crippen molar-refractivity contribution in [3.8, 4) is 0 Å². The Morgan fingerprint density at radius 1 is 1.19 bits per heavy atom. The van der Waals surface area contributed by atoms with E-state index in [0.717, 1.165) is 15.5 Å². The monoisotopic (exact) mass is 376 g/mol. The fourth-order valence-corrected chi connectivity index (χ4v) is 5.95. The second-order valence-corrected chi connectivity index (χ2v) is 9.29. The van der Waals surface area contributed by atoms with Crippen molar-refractivity contribution in [1.82, 2.24) is 0 Å². The van der Waals surface area contributed by atoms with Gasteiger partial charge in [-0.25, -0.2) is 4.79 Å². The maximum absolute atomic E-state index is 11.1. The highest BCUT2D eigenvalue weighted by Gasteiger charge is 2.22. The Balaban J connectivity index is 2.52. The standard InChI is InChI=1S/C17H29BrO2S/c1-3-5-7-8-10-14(9-6-4-2)13-21-12-11-15(16(21)18)17(19)20/h11-12,14,21H,3-10,13H2,1-2H3,(H,19,20). The van der Waals surface area contributed by atoms with Crippen molar-refractivity contribution in [2.45, 2.75) is 65.2 Å². The molecule has 0 aromatic carbocycles. The Hall–Kier alpha value is -0.220. The zero-order valence-electron chi connectivity index (χ0n) is 13.3. The van der Waals surface area contributed by atoms with E-state index in [9.17, 15) is 4.79 Å². The summed E-state index contributed by atoms with van der Waals surface area (Å²) >= 11 is 3.53. The maximum atomic E-state index is 11.1. The predicted octanol–water partition coefficient (Wildman–Crippen LogP) is 5.98. The molecule has 2 atom stereocenters. The second kappa shape index (κ2) is 10.5. The molecule has 1 heterocycles. The van der Waals surface area contributed by atoms with Gasteiger partial charge < -0.3 is 5.11 Å². The molecule has 1 aliphatic heterocycles. The lowest BCUT2D eigenvalue weighted by Crippen LogP contribution is -2.07. The molecule has 0 amide bonds. The predicted molar refractivity (Wildman–Crippen MR) is 98.4 cm³/mol. The Morgan fingerprint density at radius 3 is 2.43 bits per heavy atom. The second-order valence-electron chi connectivity index (χ2n) is 5.84. The van der Waals surface area contributed by atoms with Gasteiger partial charge in [-0.1, -0.05) is 52.4 Å². The minimum Gasteiger partial charge on any atom is -0.478 e. The molecule has 0 aromatic heterocycles. The van der Waals surface area contributed by atoms with Crippen molar-refractivity contribution in [3.63, 3.8) is 0 Å². The van der Waals surface area contributed by atoms with E-state index >= 15 is 0 Å². The van der Waals surface area contributed by atoms with E-state index in [-0.39, 0.29) is 0 Å². The van der Waals surface area contributed by atoms with Crippen LogP contribution in [-0.4, -0.2) is 16.8 Å². The van der Waals surface area contributed by atoms with Crippen LogP contribution in [0.3, 0.4) is 0 Å². The molecule has 0 saturated heterocycles. The van der Waals surface area contributed by atoms with Gasteiger partial charge in [0.15, 0.2) is 0 Å². The first-order valence-corrected chi connectivity index (χ1v) is 10.6. The van der Waals surface area contributed by atoms with Crippen LogP contribution in [0.5, 0.6) is 0 Å². The number of unbranched alkanes of at least 4 members (excludes halogenated alkanes) is 4. The fourth-order valence-electron chi connectivity index (χ4n) is 2.71. The lowest BCUT2D eigenvalue weighted by atomic mass is 9.97. The van der Waals surface area contributed by atoms with Crippen molar-refractivity contribution >= 4 is 32.8 Å². The lowest BCUT2D eigenvalue weighted by molar-refractivity contribution is -0.132. The number of thiol groups is 1. The average molecular weight is 377 g/mol. The van der Waals surface area contributed by atoms with Gasteiger partial charge in [0.25, 0.3) is 0 Å². The number of halogens is 1. The SMILES string of the molecule is CCCCCCC(CCCC)C[SH]1C=CC(C(=O)O)=C1Br. The zero-order chi connectivity index (χ0) is 15.7. The summed E-state index contributed by atoms with van der Waals surface area (Å²) in [6.45, 7) is 4.49. The summed E-state index contributed by atoms with van der Waals surface area (Å²) in [5.41, 5.74) is 0.460. The fraction of sp³-hybridized carbons (Fsp3) is 0.706. The van der Waals surface area contributed by atoms with E-state index in [1.165, 1.54) is 51.4 Å². The molecular formula is C17H29BrO2S. The highest BCUT2D eigenvalue weighted by Crippen LogP contribution is 2.49. The molecule has 2 unspecified atom stereocenters. The van der Waals surface area contributed by atoms with Crippen LogP contribution in [0.15, 0.2) is 20.9 Å². The van der Waals surface area contributed by atoms with Crippen molar-refractivity contribution in [3.05, 3.63) is 20.9 Å². The van der Waals surface area contributed by atoms with Gasteiger partial charge in [-0.2, -0.15) is 10.9 Å². The average Bonchev–Trinajstić information content (AvgIpc) is 2.82. The van der Waals surface area contributed by atoms with Crippen LogP contribution in [0.4, 0.5) is 0 Å². The number of carbonyl (C=O) groups is 1. The van der Waals surface area contributed by atoms with E-state index < -0.39 is 16.9 Å². The smallest absolute Gasteiger partial charge is 0.337 e. The number of aliphatic carboxylic acids is 1. The Kier molecular flexibility index (Phi) is 9.41. The molecule has 1 rings (SSSR count). The van der Waals surface area contributed by atoms with Crippen LogP contribution in [0.2, 0.25) is 0 Å². The van der Waals surface area contributed by atoms with Gasteiger partial charge >= 0.3 is 5.97 Å². The molecule has 0 radical (unpaired) electrons. The number of carboxylic acid groups (broad SMARTS) is 1. The summed E-state index contributed by atoms with van der Waals surface area (Å²) in [6, 6.07) is 0. The largest absolute Gasteiger partial charge is 0.478 e. The maximum Gasteiger partial charge on any atom is 0.337 e. The van der Waals surface area contributed by atoms with Gasteiger partial charge in [-0.3, -0.25) is 0 Å². The molecule has 0 spiro atoms. The van der Waals surface area contributed by atoms with Crippen LogP contribution >= 0.6 is 26.8 Å². The van der Waals surface area contributed by atoms with Crippen LogP contribution in [0.1, 0.15) is 65.2 Å². The van der Waals surface area contributed by atoms with E-state index in [2.05, 4.69) is 35.2 Å². The van der Waals surface area contributed by atoms with Crippen LogP contribution in [0.25, 0.3) is 0 Å². The molecule has 1 aliphatic rings. The normalized spacial score (nSPS) is 21.0. The summed E-state index contributed by atoms with van der Waals surface area (Å²) in [5, 5.41) is 11.3. The van der Waals surface area contributed by atoms with Gasteiger partial charge in [0.05, 0.1) is 5.57 Å². The van der Waals surface area contributed by atoms with E-state index in [0.29, 0.717) is 5.57 Å². The van der Waals surface area contributed by atoms with Gasteiger partial charge in [-0.15, -0.1) is 0 Å². The van der Waals surface area contributed by atoms with Crippen molar-refractivity contribution in [2.75, 3.05) is 5.75 Å². The third kappa shape index (κ3) is 6.60. The summed E-state index contributed by atoms with van der Waals surface area (Å²) < 4.78 is 0.931. The van der Waals surface area contributed by atoms with Crippen molar-refractivity contribution < 1.29 is 9.90 Å². The molecule has 122 valence electrons. The first kappa shape index (κ1) is 18.8. The molecule has 1 N–H and O–H groups in total. The topological polar surface area (TPSA) is 37.3 Å². The highest BCUT2D eigenvalue weighted by atomic mass is 79.9. The minimum absolute atomic E-state index is 0.424. The highest BCUT2D eigenvalue weighted by molar-refractivity contribution is 9.14.